The first-order valence-corrected chi connectivity index (χ1v) is 15.7. The third-order valence-corrected chi connectivity index (χ3v) is 9.30. The van der Waals surface area contributed by atoms with E-state index in [1.165, 1.54) is 6.08 Å². The van der Waals surface area contributed by atoms with Crippen molar-refractivity contribution in [1.82, 2.24) is 10.6 Å². The van der Waals surface area contributed by atoms with Crippen molar-refractivity contribution < 1.29 is 23.5 Å². The number of carbonyl (C=O) groups excluding carboxylic acids is 3. The van der Waals surface area contributed by atoms with E-state index in [1.807, 2.05) is 19.1 Å². The van der Waals surface area contributed by atoms with Crippen LogP contribution in [0, 0.1) is 17.3 Å². The summed E-state index contributed by atoms with van der Waals surface area (Å²) in [6.45, 7) is 7.38. The number of carbonyl (C=O) groups is 3. The van der Waals surface area contributed by atoms with Crippen molar-refractivity contribution in [2.45, 2.75) is 89.4 Å². The fraction of sp³-hybridized carbons (Fsp3) is 0.594. The van der Waals surface area contributed by atoms with Gasteiger partial charge in [-0.15, -0.1) is 0 Å². The molecule has 3 aliphatic rings. The maximum atomic E-state index is 14.2. The lowest BCUT2D eigenvalue weighted by atomic mass is 9.61. The van der Waals surface area contributed by atoms with Gasteiger partial charge in [-0.05, 0) is 67.2 Å². The maximum Gasteiger partial charge on any atom is 0.319 e. The summed E-state index contributed by atoms with van der Waals surface area (Å²) in [5.74, 6) is -1.56. The number of esters is 1. The summed E-state index contributed by atoms with van der Waals surface area (Å²) in [6.07, 6.45) is 8.06. The highest BCUT2D eigenvalue weighted by molar-refractivity contribution is 6.31. The van der Waals surface area contributed by atoms with Gasteiger partial charge in [-0.2, -0.15) is 0 Å². The van der Waals surface area contributed by atoms with Crippen LogP contribution in [0.4, 0.5) is 10.1 Å². The predicted molar refractivity (Wildman–Crippen MR) is 168 cm³/mol. The topological polar surface area (TPSA) is 123 Å². The summed E-state index contributed by atoms with van der Waals surface area (Å²) >= 11 is 12.2. The zero-order valence-corrected chi connectivity index (χ0v) is 26.7. The molecule has 5 N–H and O–H groups in total. The number of allylic oxidation sites excluding steroid dienone is 4. The van der Waals surface area contributed by atoms with Gasteiger partial charge in [0.2, 0.25) is 11.8 Å². The summed E-state index contributed by atoms with van der Waals surface area (Å²) in [6, 6.07) is 4.26. The lowest BCUT2D eigenvalue weighted by Gasteiger charge is -2.39. The average Bonchev–Trinajstić information content (AvgIpc) is 3.42. The van der Waals surface area contributed by atoms with Gasteiger partial charge < -0.3 is 26.4 Å². The highest BCUT2D eigenvalue weighted by atomic mass is 35.5. The highest BCUT2D eigenvalue weighted by Crippen LogP contribution is 2.55. The van der Waals surface area contributed by atoms with Crippen molar-refractivity contribution >= 4 is 46.7 Å². The van der Waals surface area contributed by atoms with E-state index in [0.717, 1.165) is 5.56 Å². The van der Waals surface area contributed by atoms with Crippen LogP contribution in [-0.4, -0.2) is 55.2 Å². The molecule has 4 rings (SSSR count). The molecule has 1 saturated carbocycles. The largest absolute Gasteiger partial charge is 0.461 e. The molecule has 0 bridgehead atoms. The molecule has 2 aliphatic heterocycles. The Morgan fingerprint density at radius 3 is 2.58 bits per heavy atom. The molecule has 1 aromatic rings. The van der Waals surface area contributed by atoms with Gasteiger partial charge in [0.25, 0.3) is 0 Å². The molecule has 5 atom stereocenters. The Bertz CT molecular complexity index is 1270. The summed E-state index contributed by atoms with van der Waals surface area (Å²) < 4.78 is 18.4. The van der Waals surface area contributed by atoms with E-state index >= 15 is 0 Å². The van der Waals surface area contributed by atoms with E-state index in [-0.39, 0.29) is 52.9 Å². The van der Waals surface area contributed by atoms with E-state index in [2.05, 4.69) is 36.7 Å². The maximum absolute atomic E-state index is 14.2. The lowest BCUT2D eigenvalue weighted by molar-refractivity contribution is -0.149. The van der Waals surface area contributed by atoms with Crippen LogP contribution < -0.4 is 21.7 Å². The number of alkyl halides is 1. The predicted octanol–water partition coefficient (Wildman–Crippen LogP) is 5.14. The van der Waals surface area contributed by atoms with Crippen LogP contribution in [-0.2, 0) is 24.5 Å². The second-order valence-electron chi connectivity index (χ2n) is 13.2. The first kappa shape index (κ1) is 33.4. The van der Waals surface area contributed by atoms with Gasteiger partial charge in [0, 0.05) is 33.7 Å². The highest BCUT2D eigenvalue weighted by Gasteiger charge is 2.66. The minimum Gasteiger partial charge on any atom is -0.461 e. The molecule has 236 valence electrons. The molecular weight excluding hydrogens is 594 g/mol. The van der Waals surface area contributed by atoms with Gasteiger partial charge in [0.15, 0.2) is 0 Å². The molecule has 8 nitrogen and oxygen atoms in total. The number of rotatable bonds is 9. The SMILES string of the molecule is CC(/C=C\C=C(\Cl)CF)[C@H]1[C@H](C(=O)NC2CCC(OC(=O)CN)CC2)N[C@H](CC(C)(C)C)[C@]12C(=O)Nc1cc(Cl)ccc12. The van der Waals surface area contributed by atoms with Crippen LogP contribution in [0.15, 0.2) is 41.5 Å². The molecule has 0 radical (unpaired) electrons. The Labute approximate surface area is 263 Å². The number of ether oxygens (including phenoxy) is 1. The third kappa shape index (κ3) is 7.27. The fourth-order valence-electron chi connectivity index (χ4n) is 7.09. The van der Waals surface area contributed by atoms with E-state index in [1.54, 1.807) is 18.2 Å². The molecule has 0 aromatic heterocycles. The molecule has 11 heteroatoms. The van der Waals surface area contributed by atoms with E-state index in [0.29, 0.717) is 42.8 Å². The van der Waals surface area contributed by atoms with Crippen molar-refractivity contribution in [3.05, 3.63) is 52.0 Å². The van der Waals surface area contributed by atoms with Gasteiger partial charge in [-0.1, -0.05) is 69.1 Å². The summed E-state index contributed by atoms with van der Waals surface area (Å²) in [4.78, 5) is 40.0. The molecule has 2 amide bonds. The van der Waals surface area contributed by atoms with E-state index < -0.39 is 30.0 Å². The van der Waals surface area contributed by atoms with Crippen LogP contribution >= 0.6 is 23.2 Å². The standard InChI is InChI=1S/C32H43Cl2FN4O4/c1-18(6-5-7-20(34)16-35)27-28(29(41)37-21-9-11-22(12-10-21)43-26(40)17-36)39-25(15-31(2,3)4)32(27)23-13-8-19(33)14-24(23)38-30(32)42/h5-8,13-14,18,21-22,25,27-28,39H,9-12,15-17,36H2,1-4H3,(H,37,41)(H,38,42)/b6-5-,20-7+/t18?,21?,22?,25-,27+,28-,32+/m1/s1. The number of nitrogens with one attached hydrogen (secondary N) is 3. The third-order valence-electron chi connectivity index (χ3n) is 8.84. The number of nitrogens with two attached hydrogens (primary N) is 1. The van der Waals surface area contributed by atoms with Gasteiger partial charge >= 0.3 is 5.97 Å². The molecule has 1 aliphatic carbocycles. The minimum absolute atomic E-state index is 0.0638. The monoisotopic (exact) mass is 636 g/mol. The Morgan fingerprint density at radius 2 is 1.95 bits per heavy atom. The fourth-order valence-corrected chi connectivity index (χ4v) is 7.34. The molecule has 1 unspecified atom stereocenters. The van der Waals surface area contributed by atoms with Gasteiger partial charge in [-0.25, -0.2) is 4.39 Å². The lowest BCUT2D eigenvalue weighted by Crippen LogP contribution is -2.52. The van der Waals surface area contributed by atoms with Crippen LogP contribution in [0.3, 0.4) is 0 Å². The summed E-state index contributed by atoms with van der Waals surface area (Å²) in [7, 11) is 0. The first-order valence-electron chi connectivity index (χ1n) is 15.0. The Hall–Kier alpha value is -2.46. The van der Waals surface area contributed by atoms with Gasteiger partial charge in [0.05, 0.1) is 18.0 Å². The smallest absolute Gasteiger partial charge is 0.319 e. The zero-order valence-electron chi connectivity index (χ0n) is 25.2. The molecule has 1 aromatic carbocycles. The van der Waals surface area contributed by atoms with Gasteiger partial charge in [0.1, 0.15) is 12.8 Å². The first-order chi connectivity index (χ1) is 20.3. The number of anilines is 1. The van der Waals surface area contributed by atoms with Crippen molar-refractivity contribution in [3.8, 4) is 0 Å². The second-order valence-corrected chi connectivity index (χ2v) is 14.1. The molecule has 43 heavy (non-hydrogen) atoms. The van der Waals surface area contributed by atoms with Gasteiger partial charge in [-0.3, -0.25) is 14.4 Å². The van der Waals surface area contributed by atoms with E-state index in [9.17, 15) is 18.8 Å². The minimum atomic E-state index is -1.07. The van der Waals surface area contributed by atoms with Crippen molar-refractivity contribution in [2.75, 3.05) is 18.5 Å². The molecule has 2 fully saturated rings. The van der Waals surface area contributed by atoms with Crippen molar-refractivity contribution in [2.24, 2.45) is 23.0 Å². The number of benzene rings is 1. The Balaban J connectivity index is 1.70. The molecular formula is C32H43Cl2FN4O4. The quantitative estimate of drug-likeness (QED) is 0.220. The number of fused-ring (bicyclic) bond motifs is 2. The average molecular weight is 638 g/mol. The van der Waals surface area contributed by atoms with Crippen LogP contribution in [0.5, 0.6) is 0 Å². The summed E-state index contributed by atoms with van der Waals surface area (Å²) in [5.41, 5.74) is 5.61. The molecule has 2 heterocycles. The summed E-state index contributed by atoms with van der Waals surface area (Å²) in [5, 5.41) is 10.5. The second kappa shape index (κ2) is 13.7. The zero-order chi connectivity index (χ0) is 31.5. The van der Waals surface area contributed by atoms with Crippen LogP contribution in [0.1, 0.15) is 65.4 Å². The van der Waals surface area contributed by atoms with Crippen LogP contribution in [0.2, 0.25) is 5.02 Å². The Morgan fingerprint density at radius 1 is 1.26 bits per heavy atom. The normalized spacial score (nSPS) is 29.9. The number of amides is 2. The number of hydrogen-bond acceptors (Lipinski definition) is 6. The van der Waals surface area contributed by atoms with Crippen LogP contribution in [0.25, 0.3) is 0 Å². The van der Waals surface area contributed by atoms with E-state index in [4.69, 9.17) is 33.7 Å². The molecule has 1 saturated heterocycles. The van der Waals surface area contributed by atoms with Crippen molar-refractivity contribution in [1.29, 1.82) is 0 Å². The molecule has 1 spiro atoms. The number of hydrogen-bond donors (Lipinski definition) is 4. The Kier molecular flexibility index (Phi) is 10.6. The number of halogens is 3. The van der Waals surface area contributed by atoms with Crippen molar-refractivity contribution in [3.63, 3.8) is 0 Å².